The molecule has 0 bridgehead atoms. The molecule has 17 heavy (non-hydrogen) atoms. The molecule has 0 atom stereocenters. The number of methoxy groups -OCH3 is 1. The molecule has 0 radical (unpaired) electrons. The average molecular weight is 300 g/mol. The Morgan fingerprint density at radius 3 is 2.71 bits per heavy atom. The van der Waals surface area contributed by atoms with Gasteiger partial charge in [0.2, 0.25) is 5.91 Å². The van der Waals surface area contributed by atoms with Gasteiger partial charge in [0, 0.05) is 20.0 Å². The molecule has 0 N–H and O–H groups in total. The Morgan fingerprint density at radius 1 is 1.47 bits per heavy atom. The van der Waals surface area contributed by atoms with E-state index in [0.717, 1.165) is 28.8 Å². The van der Waals surface area contributed by atoms with Crippen molar-refractivity contribution < 1.29 is 9.53 Å². The van der Waals surface area contributed by atoms with Gasteiger partial charge in [0.15, 0.2) is 0 Å². The van der Waals surface area contributed by atoms with E-state index in [-0.39, 0.29) is 5.91 Å². The van der Waals surface area contributed by atoms with Crippen molar-refractivity contribution in [3.8, 4) is 5.75 Å². The fourth-order valence-corrected chi connectivity index (χ4v) is 2.07. The molecule has 0 unspecified atom stereocenters. The van der Waals surface area contributed by atoms with Gasteiger partial charge in [-0.25, -0.2) is 0 Å². The molecule has 1 aromatic rings. The number of hydrogen-bond donors (Lipinski definition) is 0. The van der Waals surface area contributed by atoms with Crippen LogP contribution in [0.5, 0.6) is 5.75 Å². The molecule has 0 heterocycles. The minimum atomic E-state index is 0.180. The number of benzene rings is 1. The molecule has 0 saturated carbocycles. The summed E-state index contributed by atoms with van der Waals surface area (Å²) in [5.74, 6) is 0.991. The van der Waals surface area contributed by atoms with E-state index in [1.807, 2.05) is 32.2 Å². The van der Waals surface area contributed by atoms with Crippen LogP contribution >= 0.6 is 15.9 Å². The van der Waals surface area contributed by atoms with Crippen molar-refractivity contribution in [3.63, 3.8) is 0 Å². The monoisotopic (exact) mass is 299 g/mol. The smallest absolute Gasteiger partial charge is 0.222 e. The zero-order valence-corrected chi connectivity index (χ0v) is 12.1. The summed E-state index contributed by atoms with van der Waals surface area (Å²) >= 11 is 3.44. The van der Waals surface area contributed by atoms with Crippen LogP contribution in [-0.4, -0.2) is 31.5 Å². The van der Waals surface area contributed by atoms with Crippen LogP contribution in [0.3, 0.4) is 0 Å². The summed E-state index contributed by atoms with van der Waals surface area (Å²) in [4.78, 5) is 13.4. The summed E-state index contributed by atoms with van der Waals surface area (Å²) in [6.07, 6.45) is 1.30. The van der Waals surface area contributed by atoms with Gasteiger partial charge in [0.25, 0.3) is 0 Å². The Hall–Kier alpha value is -1.03. The summed E-state index contributed by atoms with van der Waals surface area (Å²) in [5, 5.41) is 0. The lowest BCUT2D eigenvalue weighted by Gasteiger charge is -2.14. The van der Waals surface area contributed by atoms with Crippen LogP contribution < -0.4 is 4.74 Å². The van der Waals surface area contributed by atoms with Gasteiger partial charge in [-0.1, -0.05) is 6.07 Å². The molecule has 0 aliphatic carbocycles. The molecule has 3 nitrogen and oxygen atoms in total. The molecule has 0 aromatic heterocycles. The highest BCUT2D eigenvalue weighted by Gasteiger charge is 2.07. The first kappa shape index (κ1) is 14.0. The predicted octanol–water partition coefficient (Wildman–Crippen LogP) is 2.87. The first-order valence-electron chi connectivity index (χ1n) is 5.64. The molecular weight excluding hydrogens is 282 g/mol. The molecule has 0 aliphatic rings. The lowest BCUT2D eigenvalue weighted by molar-refractivity contribution is -0.129. The van der Waals surface area contributed by atoms with Gasteiger partial charge >= 0.3 is 0 Å². The predicted molar refractivity (Wildman–Crippen MR) is 72.3 cm³/mol. The van der Waals surface area contributed by atoms with Gasteiger partial charge in [0.1, 0.15) is 5.75 Å². The molecule has 94 valence electrons. The van der Waals surface area contributed by atoms with E-state index in [9.17, 15) is 4.79 Å². The van der Waals surface area contributed by atoms with Gasteiger partial charge in [-0.15, -0.1) is 0 Å². The van der Waals surface area contributed by atoms with Crippen LogP contribution in [-0.2, 0) is 11.2 Å². The summed E-state index contributed by atoms with van der Waals surface area (Å²) in [6.45, 7) is 2.73. The van der Waals surface area contributed by atoms with Crippen LogP contribution in [0.15, 0.2) is 22.7 Å². The van der Waals surface area contributed by atoms with E-state index in [1.165, 1.54) is 0 Å². The van der Waals surface area contributed by atoms with Gasteiger partial charge < -0.3 is 9.64 Å². The van der Waals surface area contributed by atoms with E-state index < -0.39 is 0 Å². The van der Waals surface area contributed by atoms with Crippen LogP contribution in [0.2, 0.25) is 0 Å². The number of nitrogens with zero attached hydrogens (tertiary/aromatic N) is 1. The number of halogens is 1. The molecule has 0 saturated heterocycles. The number of hydrogen-bond acceptors (Lipinski definition) is 2. The van der Waals surface area contributed by atoms with Crippen molar-refractivity contribution in [2.24, 2.45) is 0 Å². The van der Waals surface area contributed by atoms with E-state index in [4.69, 9.17) is 4.74 Å². The highest BCUT2D eigenvalue weighted by molar-refractivity contribution is 9.10. The average Bonchev–Trinajstić information content (AvgIpc) is 2.35. The summed E-state index contributed by atoms with van der Waals surface area (Å²) in [7, 11) is 3.46. The van der Waals surface area contributed by atoms with Crippen molar-refractivity contribution >= 4 is 21.8 Å². The SMILES string of the molecule is CCN(C)C(=O)CCc1ccc(OC)c(Br)c1. The minimum absolute atomic E-state index is 0.180. The zero-order valence-electron chi connectivity index (χ0n) is 10.5. The number of carbonyl (C=O) groups is 1. The number of rotatable bonds is 5. The van der Waals surface area contributed by atoms with E-state index in [1.54, 1.807) is 12.0 Å². The van der Waals surface area contributed by atoms with Crippen molar-refractivity contribution in [2.75, 3.05) is 20.7 Å². The molecular formula is C13H18BrNO2. The van der Waals surface area contributed by atoms with Crippen LogP contribution in [0, 0.1) is 0 Å². The molecule has 1 aromatic carbocycles. The molecule has 0 fully saturated rings. The van der Waals surface area contributed by atoms with E-state index in [2.05, 4.69) is 15.9 Å². The third-order valence-corrected chi connectivity index (χ3v) is 3.36. The van der Waals surface area contributed by atoms with Crippen molar-refractivity contribution in [1.82, 2.24) is 4.90 Å². The first-order valence-corrected chi connectivity index (χ1v) is 6.44. The quantitative estimate of drug-likeness (QED) is 0.837. The maximum absolute atomic E-state index is 11.6. The van der Waals surface area contributed by atoms with Gasteiger partial charge in [-0.2, -0.15) is 0 Å². The number of amides is 1. The molecule has 0 spiro atoms. The normalized spacial score (nSPS) is 10.1. The fourth-order valence-electron chi connectivity index (χ4n) is 1.48. The van der Waals surface area contributed by atoms with E-state index >= 15 is 0 Å². The Morgan fingerprint density at radius 2 is 2.18 bits per heavy atom. The number of ether oxygens (including phenoxy) is 1. The largest absolute Gasteiger partial charge is 0.496 e. The minimum Gasteiger partial charge on any atom is -0.496 e. The highest BCUT2D eigenvalue weighted by Crippen LogP contribution is 2.25. The topological polar surface area (TPSA) is 29.5 Å². The zero-order chi connectivity index (χ0) is 12.8. The maximum atomic E-state index is 11.6. The molecule has 4 heteroatoms. The fraction of sp³-hybridized carbons (Fsp3) is 0.462. The molecule has 0 aliphatic heterocycles. The van der Waals surface area contributed by atoms with Crippen LogP contribution in [0.4, 0.5) is 0 Å². The number of carbonyl (C=O) groups excluding carboxylic acids is 1. The lowest BCUT2D eigenvalue weighted by atomic mass is 10.1. The maximum Gasteiger partial charge on any atom is 0.222 e. The molecule has 1 amide bonds. The van der Waals surface area contributed by atoms with Gasteiger partial charge in [-0.05, 0) is 47.0 Å². The first-order chi connectivity index (χ1) is 8.08. The van der Waals surface area contributed by atoms with Gasteiger partial charge in [0.05, 0.1) is 11.6 Å². The van der Waals surface area contributed by atoms with Crippen molar-refractivity contribution in [3.05, 3.63) is 28.2 Å². The third kappa shape index (κ3) is 4.04. The Kier molecular flexibility index (Phi) is 5.48. The van der Waals surface area contributed by atoms with Crippen LogP contribution in [0.25, 0.3) is 0 Å². The summed E-state index contributed by atoms with van der Waals surface area (Å²) < 4.78 is 6.08. The molecule has 1 rings (SSSR count). The third-order valence-electron chi connectivity index (χ3n) is 2.74. The van der Waals surface area contributed by atoms with Crippen molar-refractivity contribution in [2.45, 2.75) is 19.8 Å². The highest BCUT2D eigenvalue weighted by atomic mass is 79.9. The second-order valence-electron chi connectivity index (χ2n) is 3.88. The summed E-state index contributed by atoms with van der Waals surface area (Å²) in [5.41, 5.74) is 1.13. The Labute approximate surface area is 111 Å². The lowest BCUT2D eigenvalue weighted by Crippen LogP contribution is -2.26. The Balaban J connectivity index is 2.58. The summed E-state index contributed by atoms with van der Waals surface area (Å²) in [6, 6.07) is 5.90. The number of aryl methyl sites for hydroxylation is 1. The van der Waals surface area contributed by atoms with E-state index in [0.29, 0.717) is 6.42 Å². The standard InChI is InChI=1S/C13H18BrNO2/c1-4-15(2)13(16)8-6-10-5-7-12(17-3)11(14)9-10/h5,7,9H,4,6,8H2,1-3H3. The Bertz CT molecular complexity index is 393. The van der Waals surface area contributed by atoms with Crippen LogP contribution in [0.1, 0.15) is 18.9 Å². The second-order valence-corrected chi connectivity index (χ2v) is 4.73. The second kappa shape index (κ2) is 6.64. The van der Waals surface area contributed by atoms with Crippen molar-refractivity contribution in [1.29, 1.82) is 0 Å². The van der Waals surface area contributed by atoms with Gasteiger partial charge in [-0.3, -0.25) is 4.79 Å².